The smallest absolute Gasteiger partial charge is 0.337 e. The van der Waals surface area contributed by atoms with Gasteiger partial charge in [0.15, 0.2) is 9.84 Å². The van der Waals surface area contributed by atoms with Gasteiger partial charge in [-0.2, -0.15) is 13.2 Å². The first kappa shape index (κ1) is 26.3. The van der Waals surface area contributed by atoms with E-state index in [1.807, 2.05) is 24.8 Å². The average Bonchev–Trinajstić information content (AvgIpc) is 3.24. The summed E-state index contributed by atoms with van der Waals surface area (Å²) in [6, 6.07) is 10.8. The standard InChI is InChI=1S/C29H34F3NO3S/c1-20-7-6-8-23(17-20)37(35,36)28-15-16-33(26(34)27(2)13-4-3-5-14-27)25(28)12-10-22-18-21(9-11-24(22)28)19-29(30,31)32/h6-9,11,17-18,25H,3-5,10,12-16,19H2,1-2H3. The first-order valence-electron chi connectivity index (χ1n) is 13.2. The van der Waals surface area contributed by atoms with Crippen LogP contribution in [0, 0.1) is 12.3 Å². The van der Waals surface area contributed by atoms with Gasteiger partial charge in [-0.3, -0.25) is 4.79 Å². The van der Waals surface area contributed by atoms with Gasteiger partial charge in [0.2, 0.25) is 5.91 Å². The number of rotatable bonds is 4. The van der Waals surface area contributed by atoms with Crippen molar-refractivity contribution in [1.82, 2.24) is 4.90 Å². The minimum absolute atomic E-state index is 0.0238. The third-order valence-corrected chi connectivity index (χ3v) is 11.4. The highest BCUT2D eigenvalue weighted by Gasteiger charge is 2.62. The zero-order chi connectivity index (χ0) is 26.6. The summed E-state index contributed by atoms with van der Waals surface area (Å²) in [6.45, 7) is 4.17. The summed E-state index contributed by atoms with van der Waals surface area (Å²) in [6.07, 6.45) is 0.359. The number of fused-ring (bicyclic) bond motifs is 3. The van der Waals surface area contributed by atoms with Crippen LogP contribution in [0.3, 0.4) is 0 Å². The van der Waals surface area contributed by atoms with Crippen molar-refractivity contribution in [3.8, 4) is 0 Å². The Morgan fingerprint density at radius 3 is 2.46 bits per heavy atom. The summed E-state index contributed by atoms with van der Waals surface area (Å²) in [5.74, 6) is 0.0238. The summed E-state index contributed by atoms with van der Waals surface area (Å²) < 4.78 is 67.0. The lowest BCUT2D eigenvalue weighted by Gasteiger charge is -2.45. The molecule has 2 unspecified atom stereocenters. The third kappa shape index (κ3) is 4.39. The van der Waals surface area contributed by atoms with Crippen LogP contribution in [0.5, 0.6) is 0 Å². The van der Waals surface area contributed by atoms with E-state index in [1.54, 1.807) is 24.3 Å². The Hall–Kier alpha value is -2.35. The minimum atomic E-state index is -4.34. The number of sulfone groups is 1. The van der Waals surface area contributed by atoms with Crippen molar-refractivity contribution in [3.63, 3.8) is 0 Å². The van der Waals surface area contributed by atoms with Crippen LogP contribution in [-0.2, 0) is 32.2 Å². The van der Waals surface area contributed by atoms with Crippen LogP contribution in [0.4, 0.5) is 13.2 Å². The maximum absolute atomic E-state index is 14.5. The van der Waals surface area contributed by atoms with E-state index in [2.05, 4.69) is 0 Å². The van der Waals surface area contributed by atoms with E-state index in [9.17, 15) is 26.4 Å². The highest BCUT2D eigenvalue weighted by molar-refractivity contribution is 7.92. The minimum Gasteiger partial charge on any atom is -0.337 e. The number of likely N-dealkylation sites (tertiary alicyclic amines) is 1. The Bertz CT molecular complexity index is 1310. The second kappa shape index (κ2) is 9.14. The molecule has 4 nitrogen and oxygen atoms in total. The number of hydrogen-bond acceptors (Lipinski definition) is 3. The molecule has 0 aromatic heterocycles. The van der Waals surface area contributed by atoms with Crippen LogP contribution in [0.15, 0.2) is 47.4 Å². The lowest BCUT2D eigenvalue weighted by Crippen LogP contribution is -2.54. The number of amides is 1. The summed E-state index contributed by atoms with van der Waals surface area (Å²) in [5, 5.41) is 0. The molecule has 200 valence electrons. The fourth-order valence-electron chi connectivity index (χ4n) is 7.05. The van der Waals surface area contributed by atoms with E-state index >= 15 is 0 Å². The first-order chi connectivity index (χ1) is 17.4. The van der Waals surface area contributed by atoms with Crippen molar-refractivity contribution in [3.05, 3.63) is 64.7 Å². The van der Waals surface area contributed by atoms with Crippen LogP contribution in [0.2, 0.25) is 0 Å². The molecule has 2 aromatic rings. The molecular weight excluding hydrogens is 499 g/mol. The van der Waals surface area contributed by atoms with E-state index in [0.717, 1.165) is 37.7 Å². The van der Waals surface area contributed by atoms with Gasteiger partial charge in [-0.05, 0) is 73.4 Å². The Labute approximate surface area is 217 Å². The highest BCUT2D eigenvalue weighted by Crippen LogP contribution is 2.54. The van der Waals surface area contributed by atoms with Crippen molar-refractivity contribution < 1.29 is 26.4 Å². The summed E-state index contributed by atoms with van der Waals surface area (Å²) in [5.41, 5.74) is 1.64. The van der Waals surface area contributed by atoms with E-state index in [0.29, 0.717) is 30.5 Å². The normalized spacial score (nSPS) is 25.4. The number of carbonyl (C=O) groups excluding carboxylic acids is 1. The van der Waals surface area contributed by atoms with E-state index < -0.39 is 38.6 Å². The molecule has 1 heterocycles. The molecule has 1 aliphatic heterocycles. The summed E-state index contributed by atoms with van der Waals surface area (Å²) >= 11 is 0. The maximum atomic E-state index is 14.5. The van der Waals surface area contributed by atoms with Crippen LogP contribution in [-0.4, -0.2) is 38.0 Å². The molecule has 0 bridgehead atoms. The Morgan fingerprint density at radius 1 is 1.05 bits per heavy atom. The number of hydrogen-bond donors (Lipinski definition) is 0. The van der Waals surface area contributed by atoms with Gasteiger partial charge in [-0.25, -0.2) is 8.42 Å². The largest absolute Gasteiger partial charge is 0.393 e. The van der Waals surface area contributed by atoms with Crippen molar-refractivity contribution in [2.45, 2.75) is 93.5 Å². The molecule has 8 heteroatoms. The topological polar surface area (TPSA) is 54.5 Å². The number of carbonyl (C=O) groups is 1. The zero-order valence-electron chi connectivity index (χ0n) is 21.4. The van der Waals surface area contributed by atoms with Gasteiger partial charge in [0.05, 0.1) is 17.4 Å². The molecule has 2 atom stereocenters. The Balaban J connectivity index is 1.64. The monoisotopic (exact) mass is 533 g/mol. The van der Waals surface area contributed by atoms with Gasteiger partial charge in [0.1, 0.15) is 4.75 Å². The number of halogens is 3. The maximum Gasteiger partial charge on any atom is 0.393 e. The quantitative estimate of drug-likeness (QED) is 0.464. The number of aryl methyl sites for hydroxylation is 2. The summed E-state index contributed by atoms with van der Waals surface area (Å²) in [7, 11) is -3.98. The number of alkyl halides is 3. The van der Waals surface area contributed by atoms with Gasteiger partial charge < -0.3 is 4.90 Å². The van der Waals surface area contributed by atoms with Crippen molar-refractivity contribution >= 4 is 15.7 Å². The predicted octanol–water partition coefficient (Wildman–Crippen LogP) is 6.29. The van der Waals surface area contributed by atoms with Gasteiger partial charge >= 0.3 is 6.18 Å². The molecule has 0 N–H and O–H groups in total. The van der Waals surface area contributed by atoms with E-state index in [4.69, 9.17) is 0 Å². The summed E-state index contributed by atoms with van der Waals surface area (Å²) in [4.78, 5) is 16.0. The van der Waals surface area contributed by atoms with Crippen molar-refractivity contribution in [1.29, 1.82) is 0 Å². The number of benzene rings is 2. The molecular formula is C29H34F3NO3S. The van der Waals surface area contributed by atoms with E-state index in [1.165, 1.54) is 12.1 Å². The highest BCUT2D eigenvalue weighted by atomic mass is 32.2. The fraction of sp³-hybridized carbons (Fsp3) is 0.552. The lowest BCUT2D eigenvalue weighted by atomic mass is 9.73. The zero-order valence-corrected chi connectivity index (χ0v) is 22.2. The SMILES string of the molecule is Cc1cccc(S(=O)(=O)C23CCN(C(=O)C4(C)CCCCC4)C2CCc2cc(CC(F)(F)F)ccc23)c1. The van der Waals surface area contributed by atoms with Gasteiger partial charge in [0.25, 0.3) is 0 Å². The Morgan fingerprint density at radius 2 is 1.78 bits per heavy atom. The van der Waals surface area contributed by atoms with Crippen molar-refractivity contribution in [2.75, 3.05) is 6.54 Å². The molecule has 5 rings (SSSR count). The third-order valence-electron chi connectivity index (χ3n) is 8.87. The van der Waals surface area contributed by atoms with Gasteiger partial charge in [-0.1, -0.05) is 56.5 Å². The second-order valence-electron chi connectivity index (χ2n) is 11.4. The molecule has 1 saturated carbocycles. The van der Waals surface area contributed by atoms with Gasteiger partial charge in [0, 0.05) is 12.0 Å². The van der Waals surface area contributed by atoms with Crippen LogP contribution in [0.1, 0.15) is 74.1 Å². The molecule has 37 heavy (non-hydrogen) atoms. The number of nitrogens with zero attached hydrogens (tertiary/aromatic N) is 1. The molecule has 0 radical (unpaired) electrons. The molecule has 2 aliphatic carbocycles. The van der Waals surface area contributed by atoms with Crippen LogP contribution < -0.4 is 0 Å². The van der Waals surface area contributed by atoms with Crippen molar-refractivity contribution in [2.24, 2.45) is 5.41 Å². The van der Waals surface area contributed by atoms with Crippen LogP contribution >= 0.6 is 0 Å². The lowest BCUT2D eigenvalue weighted by molar-refractivity contribution is -0.144. The van der Waals surface area contributed by atoms with Crippen LogP contribution in [0.25, 0.3) is 0 Å². The molecule has 3 aliphatic rings. The average molecular weight is 534 g/mol. The molecule has 0 spiro atoms. The second-order valence-corrected chi connectivity index (χ2v) is 13.6. The molecule has 2 fully saturated rings. The Kier molecular flexibility index (Phi) is 6.49. The predicted molar refractivity (Wildman–Crippen MR) is 136 cm³/mol. The molecule has 2 aromatic carbocycles. The molecule has 1 amide bonds. The first-order valence-corrected chi connectivity index (χ1v) is 14.7. The molecule has 1 saturated heterocycles. The van der Waals surface area contributed by atoms with E-state index in [-0.39, 0.29) is 22.8 Å². The fourth-order valence-corrected chi connectivity index (χ4v) is 9.52. The van der Waals surface area contributed by atoms with Gasteiger partial charge in [-0.15, -0.1) is 0 Å².